The number of rotatable bonds is 7. The molecule has 0 amide bonds. The smallest absolute Gasteiger partial charge is 0.332 e. The number of hydrogen-bond donors (Lipinski definition) is 1. The first-order chi connectivity index (χ1) is 25.9. The monoisotopic (exact) mass is 858 g/mol. The first-order valence-corrected chi connectivity index (χ1v) is 23.5. The molecule has 2 fully saturated rings. The molecule has 2 rings (SSSR count). The van der Waals surface area contributed by atoms with E-state index in [1.807, 2.05) is 83.1 Å². The van der Waals surface area contributed by atoms with Crippen LogP contribution in [0.5, 0.6) is 0 Å². The molecule has 2 aliphatic rings. The second-order valence-electron chi connectivity index (χ2n) is 27.7. The minimum absolute atomic E-state index is 0.0147. The summed E-state index contributed by atoms with van der Waals surface area (Å²) in [5, 5.41) is 3.64. The number of nitrogens with one attached hydrogen (secondary N) is 1. The first kappa shape index (κ1) is 63.6. The van der Waals surface area contributed by atoms with Crippen LogP contribution >= 0.6 is 0 Å². The summed E-state index contributed by atoms with van der Waals surface area (Å²) >= 11 is 0. The van der Waals surface area contributed by atoms with Crippen molar-refractivity contribution >= 4 is 5.97 Å². The third-order valence-corrected chi connectivity index (χ3v) is 11.1. The van der Waals surface area contributed by atoms with Crippen molar-refractivity contribution in [3.8, 4) is 0 Å². The number of ether oxygens (including phenoxy) is 5. The Labute approximate surface area is 377 Å². The highest BCUT2D eigenvalue weighted by atomic mass is 16.6. The number of carbonyl (C=O) groups excluding carboxylic acids is 1. The zero-order chi connectivity index (χ0) is 48.9. The lowest BCUT2D eigenvalue weighted by Gasteiger charge is -2.60. The molecule has 7 heteroatoms. The van der Waals surface area contributed by atoms with Crippen molar-refractivity contribution in [2.45, 2.75) is 273 Å². The molecule has 0 bridgehead atoms. The molecule has 1 heterocycles. The van der Waals surface area contributed by atoms with Crippen LogP contribution in [0.2, 0.25) is 0 Å². The summed E-state index contributed by atoms with van der Waals surface area (Å²) in [5.74, 6) is -0.317. The first-order valence-electron chi connectivity index (χ1n) is 23.5. The molecule has 364 valence electrons. The van der Waals surface area contributed by atoms with E-state index in [1.165, 1.54) is 32.2 Å². The molecule has 0 radical (unpaired) electrons. The molecule has 1 aliphatic carbocycles. The van der Waals surface area contributed by atoms with Gasteiger partial charge in [-0.3, -0.25) is 0 Å². The standard InChI is InChI=1S/C12H24.C11H23N.C10H20O3.C10H22O2.C10H22O/c1-10(2,3)12(8-7-9-12)11(4,5)6;1-9(2,3)11(7-8-12-11)10(4,5)6;1-9(2,3)12-7-8(11)13-10(4,5)6;1-9(2,3)11-7-8-12-10(4,5)6;1-9(2,3)7-8-11-10(4,5)6/h7-9H2,1-6H3;12H,7-8H2,1-6H3;7H2,1-6H3;7-8H2,1-6H3;7-8H2,1-6H3. The van der Waals surface area contributed by atoms with Crippen LogP contribution in [0.15, 0.2) is 0 Å². The lowest BCUT2D eigenvalue weighted by Crippen LogP contribution is -2.70. The molecule has 1 saturated heterocycles. The maximum atomic E-state index is 11.2. The van der Waals surface area contributed by atoms with E-state index in [4.69, 9.17) is 23.7 Å². The summed E-state index contributed by atoms with van der Waals surface area (Å²) in [6.07, 6.45) is 6.75. The Morgan fingerprint density at radius 1 is 0.433 bits per heavy atom. The van der Waals surface area contributed by atoms with E-state index >= 15 is 0 Å². The summed E-state index contributed by atoms with van der Waals surface area (Å²) in [6.45, 7) is 68.3. The molecule has 0 aromatic carbocycles. The largest absolute Gasteiger partial charge is 0.458 e. The third kappa shape index (κ3) is 28.9. The molecule has 0 spiro atoms. The number of esters is 1. The molecule has 1 aliphatic heterocycles. The van der Waals surface area contributed by atoms with Crippen LogP contribution in [0, 0.1) is 32.5 Å². The Morgan fingerprint density at radius 3 is 0.900 bits per heavy atom. The number of carbonyl (C=O) groups is 1. The maximum Gasteiger partial charge on any atom is 0.332 e. The summed E-state index contributed by atoms with van der Waals surface area (Å²) in [5.41, 5.74) is 2.20. The van der Waals surface area contributed by atoms with E-state index in [-0.39, 0.29) is 35.0 Å². The topological polar surface area (TPSA) is 75.3 Å². The quantitative estimate of drug-likeness (QED) is 0.202. The minimum atomic E-state index is -0.432. The number of hydrogen-bond acceptors (Lipinski definition) is 7. The van der Waals surface area contributed by atoms with E-state index in [0.29, 0.717) is 51.2 Å². The van der Waals surface area contributed by atoms with Crippen molar-refractivity contribution in [1.29, 1.82) is 0 Å². The highest BCUT2D eigenvalue weighted by molar-refractivity contribution is 5.71. The summed E-state index contributed by atoms with van der Waals surface area (Å²) in [6, 6.07) is 0. The van der Waals surface area contributed by atoms with Crippen molar-refractivity contribution in [3.63, 3.8) is 0 Å². The van der Waals surface area contributed by atoms with Crippen LogP contribution in [-0.4, -0.2) is 72.5 Å². The fraction of sp³-hybridized carbons (Fsp3) is 0.981. The van der Waals surface area contributed by atoms with Crippen LogP contribution in [-0.2, 0) is 28.5 Å². The van der Waals surface area contributed by atoms with Crippen LogP contribution in [0.4, 0.5) is 0 Å². The van der Waals surface area contributed by atoms with E-state index in [9.17, 15) is 4.79 Å². The molecule has 7 nitrogen and oxygen atoms in total. The normalized spacial score (nSPS) is 17.4. The molecule has 60 heavy (non-hydrogen) atoms. The Kier molecular flexibility index (Phi) is 24.8. The Morgan fingerprint density at radius 2 is 0.750 bits per heavy atom. The predicted molar refractivity (Wildman–Crippen MR) is 262 cm³/mol. The van der Waals surface area contributed by atoms with Crippen molar-refractivity contribution in [3.05, 3.63) is 0 Å². The van der Waals surface area contributed by atoms with Gasteiger partial charge in [-0.15, -0.1) is 0 Å². The fourth-order valence-corrected chi connectivity index (χ4v) is 7.94. The van der Waals surface area contributed by atoms with Crippen LogP contribution in [0.3, 0.4) is 0 Å². The van der Waals surface area contributed by atoms with Gasteiger partial charge in [-0.05, 0) is 169 Å². The minimum Gasteiger partial charge on any atom is -0.458 e. The van der Waals surface area contributed by atoms with Crippen LogP contribution in [0.1, 0.15) is 240 Å². The molecule has 0 aromatic rings. The van der Waals surface area contributed by atoms with Crippen LogP contribution < -0.4 is 5.32 Å². The van der Waals surface area contributed by atoms with Crippen molar-refractivity contribution < 1.29 is 28.5 Å². The van der Waals surface area contributed by atoms with Gasteiger partial charge < -0.3 is 29.0 Å². The van der Waals surface area contributed by atoms with E-state index < -0.39 is 5.60 Å². The van der Waals surface area contributed by atoms with Gasteiger partial charge in [-0.2, -0.15) is 0 Å². The Hall–Kier alpha value is -0.730. The summed E-state index contributed by atoms with van der Waals surface area (Å²) in [4.78, 5) is 11.2. The molecule has 1 saturated carbocycles. The highest BCUT2D eigenvalue weighted by Crippen LogP contribution is 2.63. The van der Waals surface area contributed by atoms with Gasteiger partial charge in [-0.1, -0.05) is 110 Å². The average molecular weight is 858 g/mol. The molecule has 0 atom stereocenters. The van der Waals surface area contributed by atoms with Gasteiger partial charge in [0, 0.05) is 12.1 Å². The molecule has 0 unspecified atom stereocenters. The van der Waals surface area contributed by atoms with E-state index in [2.05, 4.69) is 130 Å². The highest BCUT2D eigenvalue weighted by Gasteiger charge is 2.54. The van der Waals surface area contributed by atoms with Crippen molar-refractivity contribution in [1.82, 2.24) is 5.32 Å². The van der Waals surface area contributed by atoms with Crippen molar-refractivity contribution in [2.75, 3.05) is 33.0 Å². The SMILES string of the molecule is CC(C)(C)C1(C(C)(C)C)CCC1.CC(C)(C)C1(C(C)(C)C)CCN1.CC(C)(C)CCOC(C)(C)C.CC(C)(C)OCC(=O)OC(C)(C)C.CC(C)(C)OCCOC(C)(C)C. The van der Waals surface area contributed by atoms with E-state index in [0.717, 1.165) is 13.0 Å². The predicted octanol–water partition coefficient (Wildman–Crippen LogP) is 15.1. The van der Waals surface area contributed by atoms with Gasteiger partial charge in [0.15, 0.2) is 0 Å². The van der Waals surface area contributed by atoms with Crippen LogP contribution in [0.25, 0.3) is 0 Å². The third-order valence-electron chi connectivity index (χ3n) is 11.1. The average Bonchev–Trinajstić information content (AvgIpc) is 2.82. The van der Waals surface area contributed by atoms with Gasteiger partial charge in [-0.25, -0.2) is 4.79 Å². The zero-order valence-electron chi connectivity index (χ0n) is 46.5. The Bertz CT molecular complexity index is 1050. The Balaban J connectivity index is -0.000000677. The second kappa shape index (κ2) is 23.5. The fourth-order valence-electron chi connectivity index (χ4n) is 7.94. The van der Waals surface area contributed by atoms with E-state index in [1.54, 1.807) is 0 Å². The van der Waals surface area contributed by atoms with Gasteiger partial charge in [0.2, 0.25) is 0 Å². The van der Waals surface area contributed by atoms with Gasteiger partial charge >= 0.3 is 5.97 Å². The summed E-state index contributed by atoms with van der Waals surface area (Å²) in [7, 11) is 0. The van der Waals surface area contributed by atoms with Gasteiger partial charge in [0.25, 0.3) is 0 Å². The lowest BCUT2D eigenvalue weighted by atomic mass is 9.45. The summed E-state index contributed by atoms with van der Waals surface area (Å²) < 4.78 is 26.9. The maximum absolute atomic E-state index is 11.2. The molecule has 0 aromatic heterocycles. The molecular weight excluding hydrogens is 747 g/mol. The molecular formula is C53H111NO6. The van der Waals surface area contributed by atoms with Gasteiger partial charge in [0.05, 0.1) is 35.6 Å². The van der Waals surface area contributed by atoms with Gasteiger partial charge in [0.1, 0.15) is 12.2 Å². The zero-order valence-corrected chi connectivity index (χ0v) is 46.5. The lowest BCUT2D eigenvalue weighted by molar-refractivity contribution is -0.164. The van der Waals surface area contributed by atoms with Crippen molar-refractivity contribution in [2.24, 2.45) is 32.5 Å². The second-order valence-corrected chi connectivity index (χ2v) is 27.7. The molecule has 1 N–H and O–H groups in total.